The molecule has 1 atom stereocenters. The number of hydrogen-bond acceptors (Lipinski definition) is 3. The number of thiophene rings is 1. The van der Waals surface area contributed by atoms with Crippen molar-refractivity contribution in [3.63, 3.8) is 0 Å². The van der Waals surface area contributed by atoms with Gasteiger partial charge in [0, 0.05) is 17.5 Å². The second-order valence-electron chi connectivity index (χ2n) is 4.66. The van der Waals surface area contributed by atoms with Gasteiger partial charge in [0.15, 0.2) is 0 Å². The Bertz CT molecular complexity index is 498. The lowest BCUT2D eigenvalue weighted by Crippen LogP contribution is -2.38. The van der Waals surface area contributed by atoms with Crippen LogP contribution in [0, 0.1) is 0 Å². The van der Waals surface area contributed by atoms with E-state index in [0.29, 0.717) is 11.4 Å². The summed E-state index contributed by atoms with van der Waals surface area (Å²) in [7, 11) is -3.37. The van der Waals surface area contributed by atoms with Gasteiger partial charge in [0.25, 0.3) is 0 Å². The van der Waals surface area contributed by atoms with Crippen LogP contribution in [0.15, 0.2) is 16.3 Å². The predicted octanol–water partition coefficient (Wildman–Crippen LogP) is 3.44. The molecule has 0 spiro atoms. The van der Waals surface area contributed by atoms with Crippen molar-refractivity contribution in [2.75, 3.05) is 6.54 Å². The molecule has 0 bridgehead atoms. The number of sulfonamides is 1. The maximum Gasteiger partial charge on any atom is 0.244 e. The summed E-state index contributed by atoms with van der Waals surface area (Å²) in [5, 5.41) is 1.80. The Kier molecular flexibility index (Phi) is 4.69. The zero-order chi connectivity index (χ0) is 13.2. The van der Waals surface area contributed by atoms with Crippen LogP contribution in [0.5, 0.6) is 0 Å². The monoisotopic (exact) mass is 307 g/mol. The van der Waals surface area contributed by atoms with E-state index < -0.39 is 10.0 Å². The molecule has 0 saturated carbocycles. The van der Waals surface area contributed by atoms with E-state index in [1.165, 1.54) is 11.3 Å². The van der Waals surface area contributed by atoms with Crippen LogP contribution in [-0.4, -0.2) is 25.3 Å². The van der Waals surface area contributed by atoms with Crippen molar-refractivity contribution in [3.8, 4) is 0 Å². The van der Waals surface area contributed by atoms with Crippen LogP contribution < -0.4 is 0 Å². The molecule has 18 heavy (non-hydrogen) atoms. The average Bonchev–Trinajstić information content (AvgIpc) is 2.72. The van der Waals surface area contributed by atoms with Crippen LogP contribution in [0.3, 0.4) is 0 Å². The molecule has 6 heteroatoms. The smallest absolute Gasteiger partial charge is 0.207 e. The molecular formula is C12H18ClNO2S2. The molecular weight excluding hydrogens is 290 g/mol. The van der Waals surface area contributed by atoms with E-state index in [1.54, 1.807) is 15.8 Å². The molecule has 1 fully saturated rings. The lowest BCUT2D eigenvalue weighted by molar-refractivity contribution is 0.342. The molecule has 1 aromatic heterocycles. The molecule has 2 rings (SSSR count). The van der Waals surface area contributed by atoms with E-state index in [1.807, 2.05) is 6.92 Å². The third-order valence-corrected chi connectivity index (χ3v) is 6.98. The topological polar surface area (TPSA) is 37.4 Å². The van der Waals surface area contributed by atoms with Crippen LogP contribution in [-0.2, 0) is 15.9 Å². The Morgan fingerprint density at radius 1 is 1.44 bits per heavy atom. The Hall–Kier alpha value is -0.100. The van der Waals surface area contributed by atoms with Gasteiger partial charge in [-0.15, -0.1) is 22.9 Å². The molecule has 0 aromatic carbocycles. The minimum absolute atomic E-state index is 0.0839. The van der Waals surface area contributed by atoms with E-state index in [4.69, 9.17) is 11.6 Å². The Morgan fingerprint density at radius 3 is 2.94 bits per heavy atom. The quantitative estimate of drug-likeness (QED) is 0.802. The van der Waals surface area contributed by atoms with Crippen LogP contribution in [0.1, 0.15) is 37.5 Å². The average molecular weight is 308 g/mol. The van der Waals surface area contributed by atoms with Gasteiger partial charge in [-0.05, 0) is 31.2 Å². The highest BCUT2D eigenvalue weighted by molar-refractivity contribution is 7.89. The Balaban J connectivity index is 2.35. The van der Waals surface area contributed by atoms with E-state index in [0.717, 1.165) is 30.6 Å². The van der Waals surface area contributed by atoms with Gasteiger partial charge in [-0.25, -0.2) is 8.42 Å². The third kappa shape index (κ3) is 2.74. The lowest BCUT2D eigenvalue weighted by atomic mass is 10.1. The van der Waals surface area contributed by atoms with Crippen molar-refractivity contribution in [3.05, 3.63) is 16.3 Å². The second-order valence-corrected chi connectivity index (χ2v) is 7.78. The maximum absolute atomic E-state index is 12.7. The highest BCUT2D eigenvalue weighted by Crippen LogP contribution is 2.30. The van der Waals surface area contributed by atoms with Gasteiger partial charge in [0.2, 0.25) is 10.0 Å². The van der Waals surface area contributed by atoms with Gasteiger partial charge in [-0.3, -0.25) is 0 Å². The van der Waals surface area contributed by atoms with Crippen molar-refractivity contribution < 1.29 is 8.42 Å². The van der Waals surface area contributed by atoms with Gasteiger partial charge in [-0.1, -0.05) is 12.8 Å². The summed E-state index contributed by atoms with van der Waals surface area (Å²) in [4.78, 5) is 1.14. The second kappa shape index (κ2) is 5.90. The standard InChI is InChI=1S/C12H18ClNO2S2/c1-10-5-3-2-4-7-14(10)18(15,16)12-6-8-17-11(12)9-13/h6,8,10H,2-5,7,9H2,1H3. The highest BCUT2D eigenvalue weighted by Gasteiger charge is 2.31. The van der Waals surface area contributed by atoms with Gasteiger partial charge in [0.05, 0.1) is 10.8 Å². The SMILES string of the molecule is CC1CCCCCN1S(=O)(=O)c1ccsc1CCl. The number of alkyl halides is 1. The Labute approximate surface area is 118 Å². The zero-order valence-corrected chi connectivity index (χ0v) is 12.8. The molecule has 0 radical (unpaired) electrons. The summed E-state index contributed by atoms with van der Waals surface area (Å²) in [5.74, 6) is 0.258. The number of hydrogen-bond donors (Lipinski definition) is 0. The van der Waals surface area contributed by atoms with Gasteiger partial charge in [-0.2, -0.15) is 4.31 Å². The molecule has 0 amide bonds. The van der Waals surface area contributed by atoms with Crippen LogP contribution >= 0.6 is 22.9 Å². The maximum atomic E-state index is 12.7. The molecule has 1 aromatic rings. The predicted molar refractivity (Wildman–Crippen MR) is 75.7 cm³/mol. The minimum Gasteiger partial charge on any atom is -0.207 e. The first-order valence-electron chi connectivity index (χ1n) is 6.21. The lowest BCUT2D eigenvalue weighted by Gasteiger charge is -2.26. The first kappa shape index (κ1) is 14.3. The van der Waals surface area contributed by atoms with Crippen LogP contribution in [0.4, 0.5) is 0 Å². The fourth-order valence-electron chi connectivity index (χ4n) is 2.39. The normalized spacial score (nSPS) is 22.9. The molecule has 0 N–H and O–H groups in total. The van der Waals surface area contributed by atoms with Gasteiger partial charge in [0.1, 0.15) is 0 Å². The number of halogens is 1. The largest absolute Gasteiger partial charge is 0.244 e. The number of rotatable bonds is 3. The molecule has 1 saturated heterocycles. The first-order valence-corrected chi connectivity index (χ1v) is 9.07. The Morgan fingerprint density at radius 2 is 2.22 bits per heavy atom. The zero-order valence-electron chi connectivity index (χ0n) is 10.4. The third-order valence-electron chi connectivity index (χ3n) is 3.40. The molecule has 1 unspecified atom stereocenters. The van der Waals surface area contributed by atoms with E-state index in [2.05, 4.69) is 0 Å². The van der Waals surface area contributed by atoms with Crippen LogP contribution in [0.2, 0.25) is 0 Å². The number of nitrogens with zero attached hydrogens (tertiary/aromatic N) is 1. The van der Waals surface area contributed by atoms with Crippen molar-refractivity contribution in [1.29, 1.82) is 0 Å². The van der Waals surface area contributed by atoms with Gasteiger partial charge < -0.3 is 0 Å². The summed E-state index contributed by atoms with van der Waals surface area (Å²) in [6.45, 7) is 2.62. The molecule has 1 aliphatic heterocycles. The van der Waals surface area contributed by atoms with Crippen molar-refractivity contribution in [2.24, 2.45) is 0 Å². The molecule has 2 heterocycles. The van der Waals surface area contributed by atoms with Crippen molar-refractivity contribution in [2.45, 2.75) is 49.4 Å². The van der Waals surface area contributed by atoms with Crippen molar-refractivity contribution >= 4 is 33.0 Å². The van der Waals surface area contributed by atoms with Gasteiger partial charge >= 0.3 is 0 Å². The minimum atomic E-state index is -3.37. The summed E-state index contributed by atoms with van der Waals surface area (Å²) in [6, 6.07) is 1.76. The summed E-state index contributed by atoms with van der Waals surface area (Å²) < 4.78 is 27.0. The molecule has 3 nitrogen and oxygen atoms in total. The highest BCUT2D eigenvalue weighted by atomic mass is 35.5. The van der Waals surface area contributed by atoms with E-state index in [9.17, 15) is 8.42 Å². The fraction of sp³-hybridized carbons (Fsp3) is 0.667. The summed E-state index contributed by atoms with van der Waals surface area (Å²) >= 11 is 7.22. The van der Waals surface area contributed by atoms with Crippen LogP contribution in [0.25, 0.3) is 0 Å². The molecule has 1 aliphatic rings. The molecule has 0 aliphatic carbocycles. The fourth-order valence-corrected chi connectivity index (χ4v) is 5.76. The van der Waals surface area contributed by atoms with Crippen molar-refractivity contribution in [1.82, 2.24) is 4.31 Å². The summed E-state index contributed by atoms with van der Waals surface area (Å²) in [5.41, 5.74) is 0. The first-order chi connectivity index (χ1) is 8.57. The molecule has 102 valence electrons. The summed E-state index contributed by atoms with van der Waals surface area (Å²) in [6.07, 6.45) is 4.12. The van der Waals surface area contributed by atoms with E-state index in [-0.39, 0.29) is 11.9 Å². The van der Waals surface area contributed by atoms with E-state index >= 15 is 0 Å².